The molecule has 6 nitrogen and oxygen atoms in total. The van der Waals surface area contributed by atoms with E-state index in [1.807, 2.05) is 68.4 Å². The van der Waals surface area contributed by atoms with E-state index in [9.17, 15) is 4.79 Å². The standard InChI is InChI=1S/C21H21ClN4O2/c1-13-4-7-17(11-18(13)22)26-12-15(10-19(26)27)21-23-20(24-28-21)14-5-8-16(9-6-14)25(2)3/h4-9,11,15H,10,12H2,1-3H3/t15-/m1/s1. The van der Waals surface area contributed by atoms with Crippen molar-refractivity contribution in [3.05, 3.63) is 58.9 Å². The summed E-state index contributed by atoms with van der Waals surface area (Å²) in [7, 11) is 3.98. The van der Waals surface area contributed by atoms with Crippen LogP contribution in [0.3, 0.4) is 0 Å². The van der Waals surface area contributed by atoms with Gasteiger partial charge < -0.3 is 14.3 Å². The maximum atomic E-state index is 12.5. The lowest BCUT2D eigenvalue weighted by Gasteiger charge is -2.17. The average molecular weight is 397 g/mol. The number of benzene rings is 2. The van der Waals surface area contributed by atoms with E-state index in [1.54, 1.807) is 4.90 Å². The van der Waals surface area contributed by atoms with Gasteiger partial charge in [0, 0.05) is 49.0 Å². The van der Waals surface area contributed by atoms with Gasteiger partial charge in [0.05, 0.1) is 5.92 Å². The van der Waals surface area contributed by atoms with Crippen LogP contribution in [0.1, 0.15) is 23.8 Å². The Morgan fingerprint density at radius 2 is 1.93 bits per heavy atom. The minimum Gasteiger partial charge on any atom is -0.378 e. The molecular weight excluding hydrogens is 376 g/mol. The Kier molecular flexibility index (Phi) is 4.81. The Hall–Kier alpha value is -2.86. The lowest BCUT2D eigenvalue weighted by molar-refractivity contribution is -0.117. The highest BCUT2D eigenvalue weighted by Crippen LogP contribution is 2.33. The van der Waals surface area contributed by atoms with Gasteiger partial charge >= 0.3 is 0 Å². The van der Waals surface area contributed by atoms with Crippen LogP contribution in [0.15, 0.2) is 47.0 Å². The van der Waals surface area contributed by atoms with Crippen LogP contribution in [0.4, 0.5) is 11.4 Å². The number of anilines is 2. The second-order valence-corrected chi connectivity index (χ2v) is 7.64. The molecule has 0 spiro atoms. The molecule has 7 heteroatoms. The number of carbonyl (C=O) groups excluding carboxylic acids is 1. The molecule has 1 aliphatic heterocycles. The normalized spacial score (nSPS) is 16.6. The number of carbonyl (C=O) groups is 1. The predicted octanol–water partition coefficient (Wildman–Crippen LogP) is 4.28. The van der Waals surface area contributed by atoms with E-state index >= 15 is 0 Å². The summed E-state index contributed by atoms with van der Waals surface area (Å²) in [6.45, 7) is 2.44. The fourth-order valence-corrected chi connectivity index (χ4v) is 3.47. The van der Waals surface area contributed by atoms with Crippen molar-refractivity contribution >= 4 is 28.9 Å². The zero-order chi connectivity index (χ0) is 19.8. The fraction of sp³-hybridized carbons (Fsp3) is 0.286. The summed E-state index contributed by atoms with van der Waals surface area (Å²) in [5.74, 6) is 0.917. The van der Waals surface area contributed by atoms with Crippen molar-refractivity contribution < 1.29 is 9.32 Å². The van der Waals surface area contributed by atoms with Gasteiger partial charge in [-0.05, 0) is 48.9 Å². The van der Waals surface area contributed by atoms with Gasteiger partial charge in [-0.2, -0.15) is 4.98 Å². The number of rotatable bonds is 4. The smallest absolute Gasteiger partial charge is 0.232 e. The highest BCUT2D eigenvalue weighted by Gasteiger charge is 2.35. The van der Waals surface area contributed by atoms with E-state index in [2.05, 4.69) is 10.1 Å². The topological polar surface area (TPSA) is 62.5 Å². The van der Waals surface area contributed by atoms with Gasteiger partial charge in [-0.1, -0.05) is 22.8 Å². The summed E-state index contributed by atoms with van der Waals surface area (Å²) in [5, 5.41) is 4.75. The third-order valence-electron chi connectivity index (χ3n) is 5.03. The zero-order valence-corrected chi connectivity index (χ0v) is 16.8. The van der Waals surface area contributed by atoms with Crippen molar-refractivity contribution in [1.82, 2.24) is 10.1 Å². The Morgan fingerprint density at radius 3 is 2.61 bits per heavy atom. The first-order valence-electron chi connectivity index (χ1n) is 9.10. The number of hydrogen-bond donors (Lipinski definition) is 0. The quantitative estimate of drug-likeness (QED) is 0.658. The molecule has 28 heavy (non-hydrogen) atoms. The largest absolute Gasteiger partial charge is 0.378 e. The molecule has 4 rings (SSSR count). The SMILES string of the molecule is Cc1ccc(N2C[C@H](c3nc(-c4ccc(N(C)C)cc4)no3)CC2=O)cc1Cl. The van der Waals surface area contributed by atoms with Crippen LogP contribution in [0, 0.1) is 6.92 Å². The van der Waals surface area contributed by atoms with Crippen molar-refractivity contribution in [2.24, 2.45) is 0 Å². The van der Waals surface area contributed by atoms with Crippen molar-refractivity contribution in [3.63, 3.8) is 0 Å². The molecule has 2 heterocycles. The van der Waals surface area contributed by atoms with Crippen molar-refractivity contribution in [2.75, 3.05) is 30.4 Å². The van der Waals surface area contributed by atoms with Crippen LogP contribution in [-0.4, -0.2) is 36.7 Å². The number of hydrogen-bond acceptors (Lipinski definition) is 5. The molecule has 1 amide bonds. The number of halogens is 1. The zero-order valence-electron chi connectivity index (χ0n) is 16.0. The van der Waals surface area contributed by atoms with Gasteiger partial charge in [-0.25, -0.2) is 0 Å². The summed E-state index contributed by atoms with van der Waals surface area (Å²) >= 11 is 6.21. The minimum atomic E-state index is -0.130. The maximum absolute atomic E-state index is 12.5. The van der Waals surface area contributed by atoms with Gasteiger partial charge in [0.15, 0.2) is 0 Å². The molecule has 2 aromatic carbocycles. The Morgan fingerprint density at radius 1 is 1.18 bits per heavy atom. The van der Waals surface area contributed by atoms with E-state index in [4.69, 9.17) is 16.1 Å². The molecule has 1 aliphatic rings. The first-order chi connectivity index (χ1) is 13.4. The van der Waals surface area contributed by atoms with Gasteiger partial charge in [0.2, 0.25) is 17.6 Å². The van der Waals surface area contributed by atoms with E-state index in [0.717, 1.165) is 22.5 Å². The van der Waals surface area contributed by atoms with Gasteiger partial charge in [-0.15, -0.1) is 0 Å². The molecule has 1 fully saturated rings. The molecule has 0 unspecified atom stereocenters. The summed E-state index contributed by atoms with van der Waals surface area (Å²) in [6, 6.07) is 13.6. The van der Waals surface area contributed by atoms with Crippen molar-refractivity contribution in [1.29, 1.82) is 0 Å². The van der Waals surface area contributed by atoms with E-state index in [0.29, 0.717) is 29.7 Å². The lowest BCUT2D eigenvalue weighted by Crippen LogP contribution is -2.24. The monoisotopic (exact) mass is 396 g/mol. The van der Waals surface area contributed by atoms with Gasteiger partial charge in [0.25, 0.3) is 0 Å². The second-order valence-electron chi connectivity index (χ2n) is 7.24. The molecule has 1 atom stereocenters. The Labute approximate surface area is 168 Å². The predicted molar refractivity (Wildman–Crippen MR) is 110 cm³/mol. The third kappa shape index (κ3) is 3.47. The fourth-order valence-electron chi connectivity index (χ4n) is 3.30. The van der Waals surface area contributed by atoms with Crippen LogP contribution in [0.5, 0.6) is 0 Å². The molecule has 1 aromatic heterocycles. The maximum Gasteiger partial charge on any atom is 0.232 e. The summed E-state index contributed by atoms with van der Waals surface area (Å²) in [4.78, 5) is 20.8. The molecule has 0 N–H and O–H groups in total. The molecule has 3 aromatic rings. The minimum absolute atomic E-state index is 0.0278. The van der Waals surface area contributed by atoms with Crippen molar-refractivity contribution in [2.45, 2.75) is 19.3 Å². The molecule has 0 bridgehead atoms. The number of aromatic nitrogens is 2. The number of amides is 1. The highest BCUT2D eigenvalue weighted by molar-refractivity contribution is 6.31. The van der Waals surface area contributed by atoms with Gasteiger partial charge in [0.1, 0.15) is 0 Å². The highest BCUT2D eigenvalue weighted by atomic mass is 35.5. The molecular formula is C21H21ClN4O2. The number of nitrogens with zero attached hydrogens (tertiary/aromatic N) is 4. The lowest BCUT2D eigenvalue weighted by atomic mass is 10.1. The van der Waals surface area contributed by atoms with Gasteiger partial charge in [-0.3, -0.25) is 4.79 Å². The molecule has 144 valence electrons. The van der Waals surface area contributed by atoms with Crippen LogP contribution >= 0.6 is 11.6 Å². The van der Waals surface area contributed by atoms with E-state index in [1.165, 1.54) is 0 Å². The molecule has 0 aliphatic carbocycles. The van der Waals surface area contributed by atoms with E-state index < -0.39 is 0 Å². The summed E-state index contributed by atoms with van der Waals surface area (Å²) in [6.07, 6.45) is 0.340. The molecule has 0 radical (unpaired) electrons. The summed E-state index contributed by atoms with van der Waals surface area (Å²) < 4.78 is 5.48. The van der Waals surface area contributed by atoms with E-state index in [-0.39, 0.29) is 11.8 Å². The Bertz CT molecular complexity index is 1010. The number of aryl methyl sites for hydroxylation is 1. The van der Waals surface area contributed by atoms with Crippen LogP contribution in [0.25, 0.3) is 11.4 Å². The first kappa shape index (κ1) is 18.5. The van der Waals surface area contributed by atoms with Crippen LogP contribution in [0.2, 0.25) is 5.02 Å². The first-order valence-corrected chi connectivity index (χ1v) is 9.48. The van der Waals surface area contributed by atoms with Crippen LogP contribution < -0.4 is 9.80 Å². The van der Waals surface area contributed by atoms with Crippen molar-refractivity contribution in [3.8, 4) is 11.4 Å². The Balaban J connectivity index is 1.53. The molecule has 0 saturated carbocycles. The summed E-state index contributed by atoms with van der Waals surface area (Å²) in [5.41, 5.74) is 3.76. The van der Waals surface area contributed by atoms with Crippen LogP contribution in [-0.2, 0) is 4.79 Å². The third-order valence-corrected chi connectivity index (χ3v) is 5.43. The molecule has 1 saturated heterocycles. The average Bonchev–Trinajstić information content (AvgIpc) is 3.31. The second kappa shape index (κ2) is 7.28.